The Hall–Kier alpha value is -0.380. The number of hydrogen-bond donors (Lipinski definition) is 0. The van der Waals surface area contributed by atoms with Gasteiger partial charge in [-0.2, -0.15) is 5.10 Å². The Morgan fingerprint density at radius 2 is 2.13 bits per heavy atom. The van der Waals surface area contributed by atoms with E-state index in [0.29, 0.717) is 5.41 Å². The van der Waals surface area contributed by atoms with Gasteiger partial charge in [-0.25, -0.2) is 4.98 Å². The van der Waals surface area contributed by atoms with Crippen molar-refractivity contribution < 1.29 is 0 Å². The van der Waals surface area contributed by atoms with Gasteiger partial charge in [0.2, 0.25) is 0 Å². The minimum Gasteiger partial charge on any atom is -0.253 e. The first-order valence-electron chi connectivity index (χ1n) is 5.65. The second-order valence-corrected chi connectivity index (χ2v) is 5.23. The van der Waals surface area contributed by atoms with Crippen molar-refractivity contribution in [1.29, 1.82) is 0 Å². The number of hydrogen-bond acceptors (Lipinski definition) is 2. The Morgan fingerprint density at radius 1 is 1.40 bits per heavy atom. The number of rotatable bonds is 3. The number of nitrogens with zero attached hydrogens (tertiary/aromatic N) is 3. The average Bonchev–Trinajstić information content (AvgIpc) is 2.66. The molecule has 1 aromatic rings. The van der Waals surface area contributed by atoms with E-state index in [1.165, 1.54) is 32.1 Å². The van der Waals surface area contributed by atoms with Crippen molar-refractivity contribution in [2.45, 2.75) is 38.5 Å². The molecule has 0 saturated heterocycles. The van der Waals surface area contributed by atoms with Gasteiger partial charge in [-0.15, -0.1) is 0 Å². The maximum atomic E-state index is 4.33. The fourth-order valence-electron chi connectivity index (χ4n) is 2.48. The predicted octanol–water partition coefficient (Wildman–Crippen LogP) is 2.70. The number of halogens is 1. The quantitative estimate of drug-likeness (QED) is 0.792. The van der Waals surface area contributed by atoms with Crippen LogP contribution in [0.15, 0.2) is 6.33 Å². The summed E-state index contributed by atoms with van der Waals surface area (Å²) in [5, 5.41) is 5.23. The molecule has 1 aromatic heterocycles. The van der Waals surface area contributed by atoms with Crippen LogP contribution in [-0.2, 0) is 13.5 Å². The van der Waals surface area contributed by atoms with Gasteiger partial charge in [0, 0.05) is 18.8 Å². The van der Waals surface area contributed by atoms with E-state index < -0.39 is 0 Å². The lowest BCUT2D eigenvalue weighted by molar-refractivity contribution is 0.217. The smallest absolute Gasteiger partial charge is 0.138 e. The molecule has 15 heavy (non-hydrogen) atoms. The third-order valence-electron chi connectivity index (χ3n) is 3.54. The highest BCUT2D eigenvalue weighted by molar-refractivity contribution is 9.09. The zero-order valence-corrected chi connectivity index (χ0v) is 10.8. The van der Waals surface area contributed by atoms with E-state index in [1.807, 2.05) is 11.7 Å². The van der Waals surface area contributed by atoms with E-state index in [1.54, 1.807) is 6.33 Å². The number of alkyl halides is 1. The molecule has 0 amide bonds. The summed E-state index contributed by atoms with van der Waals surface area (Å²) < 4.78 is 1.90. The largest absolute Gasteiger partial charge is 0.253 e. The van der Waals surface area contributed by atoms with Gasteiger partial charge in [0.05, 0.1) is 0 Å². The summed E-state index contributed by atoms with van der Waals surface area (Å²) in [5.41, 5.74) is 0.430. The molecule has 0 aromatic carbocycles. The van der Waals surface area contributed by atoms with Crippen LogP contribution < -0.4 is 0 Å². The Bertz CT molecular complexity index is 315. The maximum Gasteiger partial charge on any atom is 0.138 e. The summed E-state index contributed by atoms with van der Waals surface area (Å²) in [6.07, 6.45) is 9.49. The molecule has 4 heteroatoms. The molecule has 1 fully saturated rings. The molecule has 1 saturated carbocycles. The van der Waals surface area contributed by atoms with Crippen LogP contribution in [0.5, 0.6) is 0 Å². The number of aryl methyl sites for hydroxylation is 1. The Morgan fingerprint density at radius 3 is 2.67 bits per heavy atom. The Kier molecular flexibility index (Phi) is 3.44. The van der Waals surface area contributed by atoms with Crippen molar-refractivity contribution in [1.82, 2.24) is 14.8 Å². The minimum atomic E-state index is 0.430. The second kappa shape index (κ2) is 4.64. The van der Waals surface area contributed by atoms with Crippen molar-refractivity contribution in [2.24, 2.45) is 12.5 Å². The maximum absolute atomic E-state index is 4.33. The fraction of sp³-hybridized carbons (Fsp3) is 0.818. The molecule has 3 nitrogen and oxygen atoms in total. The molecule has 1 heterocycles. The van der Waals surface area contributed by atoms with Gasteiger partial charge >= 0.3 is 0 Å². The molecule has 0 spiro atoms. The topological polar surface area (TPSA) is 30.7 Å². The molecule has 0 radical (unpaired) electrons. The van der Waals surface area contributed by atoms with Crippen LogP contribution in [0.25, 0.3) is 0 Å². The van der Waals surface area contributed by atoms with Gasteiger partial charge in [-0.3, -0.25) is 4.68 Å². The molecule has 2 rings (SSSR count). The molecule has 0 unspecified atom stereocenters. The van der Waals surface area contributed by atoms with Crippen molar-refractivity contribution in [3.63, 3.8) is 0 Å². The third-order valence-corrected chi connectivity index (χ3v) is 4.73. The zero-order chi connectivity index (χ0) is 10.7. The Labute approximate surface area is 99.4 Å². The van der Waals surface area contributed by atoms with Crippen LogP contribution >= 0.6 is 15.9 Å². The lowest BCUT2D eigenvalue weighted by Crippen LogP contribution is -2.29. The molecular formula is C11H18BrN3. The van der Waals surface area contributed by atoms with E-state index in [4.69, 9.17) is 0 Å². The summed E-state index contributed by atoms with van der Waals surface area (Å²) in [4.78, 5) is 4.33. The first kappa shape index (κ1) is 11.1. The summed E-state index contributed by atoms with van der Waals surface area (Å²) >= 11 is 3.68. The van der Waals surface area contributed by atoms with E-state index in [9.17, 15) is 0 Å². The first-order chi connectivity index (χ1) is 7.26. The van der Waals surface area contributed by atoms with Crippen molar-refractivity contribution in [3.05, 3.63) is 12.2 Å². The van der Waals surface area contributed by atoms with Crippen LogP contribution in [0.2, 0.25) is 0 Å². The van der Waals surface area contributed by atoms with Gasteiger partial charge in [0.15, 0.2) is 0 Å². The normalized spacial score (nSPS) is 20.4. The summed E-state index contributed by atoms with van der Waals surface area (Å²) in [7, 11) is 1.98. The molecule has 1 aliphatic rings. The van der Waals surface area contributed by atoms with Crippen molar-refractivity contribution in [3.8, 4) is 0 Å². The highest BCUT2D eigenvalue weighted by atomic mass is 79.9. The summed E-state index contributed by atoms with van der Waals surface area (Å²) in [6.45, 7) is 0. The van der Waals surface area contributed by atoms with Crippen LogP contribution in [0.3, 0.4) is 0 Å². The van der Waals surface area contributed by atoms with Gasteiger partial charge in [-0.1, -0.05) is 35.2 Å². The zero-order valence-electron chi connectivity index (χ0n) is 9.25. The van der Waals surface area contributed by atoms with Crippen LogP contribution in [0.4, 0.5) is 0 Å². The third kappa shape index (κ3) is 2.41. The molecule has 0 N–H and O–H groups in total. The van der Waals surface area contributed by atoms with Gasteiger partial charge in [0.25, 0.3) is 0 Å². The number of aromatic nitrogens is 3. The molecule has 84 valence electrons. The van der Waals surface area contributed by atoms with E-state index in [2.05, 4.69) is 26.0 Å². The van der Waals surface area contributed by atoms with E-state index in [0.717, 1.165) is 17.6 Å². The second-order valence-electron chi connectivity index (χ2n) is 4.67. The SMILES string of the molecule is Cn1ncnc1CC1(CBr)CCCCC1. The lowest BCUT2D eigenvalue weighted by atomic mass is 9.73. The van der Waals surface area contributed by atoms with Gasteiger partial charge < -0.3 is 0 Å². The standard InChI is InChI=1S/C11H18BrN3/c1-15-10(13-9-14-15)7-11(8-12)5-3-2-4-6-11/h9H,2-8H2,1H3. The molecular weight excluding hydrogens is 254 g/mol. The molecule has 0 aliphatic heterocycles. The van der Waals surface area contributed by atoms with Crippen LogP contribution in [-0.4, -0.2) is 20.1 Å². The van der Waals surface area contributed by atoms with Crippen molar-refractivity contribution >= 4 is 15.9 Å². The molecule has 0 atom stereocenters. The monoisotopic (exact) mass is 271 g/mol. The van der Waals surface area contributed by atoms with Gasteiger partial charge in [-0.05, 0) is 18.3 Å². The van der Waals surface area contributed by atoms with Gasteiger partial charge in [0.1, 0.15) is 12.2 Å². The Balaban J connectivity index is 2.10. The van der Waals surface area contributed by atoms with E-state index in [-0.39, 0.29) is 0 Å². The summed E-state index contributed by atoms with van der Waals surface area (Å²) in [6, 6.07) is 0. The lowest BCUT2D eigenvalue weighted by Gasteiger charge is -2.35. The summed E-state index contributed by atoms with van der Waals surface area (Å²) in [5.74, 6) is 1.12. The van der Waals surface area contributed by atoms with Crippen LogP contribution in [0.1, 0.15) is 37.9 Å². The average molecular weight is 272 g/mol. The highest BCUT2D eigenvalue weighted by Gasteiger charge is 2.32. The van der Waals surface area contributed by atoms with Crippen molar-refractivity contribution in [2.75, 3.05) is 5.33 Å². The molecule has 0 bridgehead atoms. The molecule has 1 aliphatic carbocycles. The first-order valence-corrected chi connectivity index (χ1v) is 6.77. The highest BCUT2D eigenvalue weighted by Crippen LogP contribution is 2.40. The minimum absolute atomic E-state index is 0.430. The van der Waals surface area contributed by atoms with E-state index >= 15 is 0 Å². The fourth-order valence-corrected chi connectivity index (χ4v) is 3.23. The van der Waals surface area contributed by atoms with Crippen LogP contribution in [0, 0.1) is 5.41 Å². The predicted molar refractivity (Wildman–Crippen MR) is 64.0 cm³/mol.